The topological polar surface area (TPSA) is 180 Å². The number of likely N-dealkylation sites (tertiary alicyclic amines) is 2. The Labute approximate surface area is 392 Å². The van der Waals surface area contributed by atoms with E-state index in [0.717, 1.165) is 97.6 Å². The predicted octanol–water partition coefficient (Wildman–Crippen LogP) is 3.01. The summed E-state index contributed by atoms with van der Waals surface area (Å²) >= 11 is 0. The van der Waals surface area contributed by atoms with Crippen LogP contribution < -0.4 is 0 Å². The lowest BCUT2D eigenvalue weighted by atomic mass is 10.1. The summed E-state index contributed by atoms with van der Waals surface area (Å²) in [6, 6.07) is 2.32. The lowest BCUT2D eigenvalue weighted by Crippen LogP contribution is -2.50. The molecule has 21 heteroatoms. The number of amides is 1. The van der Waals surface area contributed by atoms with Crippen LogP contribution in [0.25, 0.3) is 0 Å². The van der Waals surface area contributed by atoms with Crippen molar-refractivity contribution < 1.29 is 38.5 Å². The number of sulfone groups is 1. The van der Waals surface area contributed by atoms with Gasteiger partial charge in [-0.2, -0.15) is 8.61 Å². The number of piperidine rings is 2. The largest absolute Gasteiger partial charge is 0.340 e. The molecule has 5 saturated heterocycles. The first-order chi connectivity index (χ1) is 29.4. The minimum Gasteiger partial charge on any atom is -0.340 e. The van der Waals surface area contributed by atoms with Gasteiger partial charge in [-0.25, -0.2) is 38.0 Å². The summed E-state index contributed by atoms with van der Waals surface area (Å²) in [5.74, 6) is 0.633. The molecule has 0 spiro atoms. The second-order valence-electron chi connectivity index (χ2n) is 19.3. The van der Waals surface area contributed by atoms with Gasteiger partial charge in [-0.15, -0.1) is 0 Å². The lowest BCUT2D eigenvalue weighted by molar-refractivity contribution is -0.132. The molecule has 5 heterocycles. The molecule has 5 aliphatic rings. The summed E-state index contributed by atoms with van der Waals surface area (Å²) in [5.41, 5.74) is 0. The summed E-state index contributed by atoms with van der Waals surface area (Å²) in [7, 11) is -8.43. The number of rotatable bonds is 10. The average molecular weight is 994 g/mol. The maximum atomic E-state index is 11.9. The second-order valence-corrected chi connectivity index (χ2v) is 28.1. The number of hydrogen-bond donors (Lipinski definition) is 0. The molecule has 0 unspecified atom stereocenters. The molecule has 0 atom stereocenters. The Morgan fingerprint density at radius 1 is 0.547 bits per heavy atom. The first-order valence-corrected chi connectivity index (χ1v) is 30.6. The number of hydrogen-bond acceptors (Lipinski definition) is 13. The van der Waals surface area contributed by atoms with E-state index in [1.54, 1.807) is 22.7 Å². The summed E-state index contributed by atoms with van der Waals surface area (Å²) < 4.78 is 95.3. The molecule has 0 aliphatic carbocycles. The van der Waals surface area contributed by atoms with Gasteiger partial charge in [0.05, 0.1) is 22.5 Å². The van der Waals surface area contributed by atoms with E-state index in [1.165, 1.54) is 16.8 Å². The van der Waals surface area contributed by atoms with E-state index in [0.29, 0.717) is 61.9 Å². The van der Waals surface area contributed by atoms with Crippen LogP contribution in [0.1, 0.15) is 115 Å². The Hall–Kier alpha value is -1.01. The van der Waals surface area contributed by atoms with E-state index in [9.17, 15) is 38.5 Å². The first kappa shape index (κ1) is 61.0. The van der Waals surface area contributed by atoms with Gasteiger partial charge in [0.15, 0.2) is 0 Å². The fourth-order valence-corrected chi connectivity index (χ4v) is 13.4. The highest BCUT2D eigenvalue weighted by atomic mass is 32.2. The SMILES string of the molecule is CC(C)N1CCC(S(=O)(=O)N(C)C)CC1.CC(C)N1CCC(S(C)(=O)=O)CC1.CC(C)N1CCCS1(=O)=O.CC(C)N1CCN(S(C)(=O)=O)CC1.CCC(=O)N1CCN(C(C)C)CC1. The number of carbonyl (C=O) groups excluding carboxylic acids is 1. The van der Waals surface area contributed by atoms with Crippen molar-refractivity contribution in [1.29, 1.82) is 0 Å². The molecule has 64 heavy (non-hydrogen) atoms. The normalized spacial score (nSPS) is 22.2. The number of sulfonamides is 3. The number of carbonyl (C=O) groups is 1. The molecule has 0 saturated carbocycles. The van der Waals surface area contributed by atoms with Crippen LogP contribution in [0.4, 0.5) is 0 Å². The second kappa shape index (κ2) is 27.9. The molecular weight excluding hydrogens is 901 g/mol. The molecular formula is C43H92N8O9S4. The van der Waals surface area contributed by atoms with E-state index < -0.39 is 39.9 Å². The third kappa shape index (κ3) is 21.1. The van der Waals surface area contributed by atoms with E-state index in [1.807, 2.05) is 25.7 Å². The van der Waals surface area contributed by atoms with Crippen molar-refractivity contribution in [3.05, 3.63) is 0 Å². The van der Waals surface area contributed by atoms with Gasteiger partial charge in [0, 0.05) is 116 Å². The standard InChI is InChI=1S/C10H22N2O2S.C10H20N2O.C9H19NO2S.C8H18N2O2S.C6H13NO2S/c1-9(2)12-7-5-10(6-8-12)15(13,14)11(3)4;1-4-10(13)12-7-5-11(6-8-12)9(2)3;1-8(2)10-6-4-9(5-7-10)13(3,11)12;1-8(2)9-4-6-10(7-5-9)13(3,11)12;1-6(2)7-4-3-5-10(7,8)9/h9-10H,5-8H2,1-4H3;9H,4-8H2,1-3H3;8-9H,4-7H2,1-3H3;8H,4-7H2,1-3H3;6H,3-5H2,1-2H3. The quantitative estimate of drug-likeness (QED) is 0.312. The van der Waals surface area contributed by atoms with Crippen LogP contribution in [0.15, 0.2) is 0 Å². The van der Waals surface area contributed by atoms with Crippen LogP contribution >= 0.6 is 0 Å². The van der Waals surface area contributed by atoms with E-state index >= 15 is 0 Å². The molecule has 5 fully saturated rings. The Bertz CT molecular complexity index is 1720. The lowest BCUT2D eigenvalue weighted by Gasteiger charge is -2.36. The van der Waals surface area contributed by atoms with Crippen LogP contribution in [-0.4, -0.2) is 235 Å². The van der Waals surface area contributed by atoms with Gasteiger partial charge in [-0.1, -0.05) is 6.92 Å². The van der Waals surface area contributed by atoms with Crippen LogP contribution in [0.2, 0.25) is 0 Å². The fraction of sp³-hybridized carbons (Fsp3) is 0.977. The molecule has 5 aliphatic heterocycles. The van der Waals surface area contributed by atoms with Gasteiger partial charge in [0.25, 0.3) is 0 Å². The highest BCUT2D eigenvalue weighted by Gasteiger charge is 2.33. The van der Waals surface area contributed by atoms with E-state index in [-0.39, 0.29) is 16.5 Å². The molecule has 0 aromatic heterocycles. The third-order valence-electron chi connectivity index (χ3n) is 12.8. The monoisotopic (exact) mass is 993 g/mol. The Balaban J connectivity index is 0.000000402. The zero-order chi connectivity index (χ0) is 49.4. The molecule has 0 bridgehead atoms. The van der Waals surface area contributed by atoms with Crippen LogP contribution in [0.5, 0.6) is 0 Å². The average Bonchev–Trinajstić information content (AvgIpc) is 3.59. The zero-order valence-electron chi connectivity index (χ0n) is 42.6. The molecule has 382 valence electrons. The van der Waals surface area contributed by atoms with Gasteiger partial charge in [-0.3, -0.25) is 14.6 Å². The summed E-state index contributed by atoms with van der Waals surface area (Å²) in [6.07, 6.45) is 7.19. The fourth-order valence-electron chi connectivity index (χ4n) is 8.31. The molecule has 1 amide bonds. The molecule has 5 rings (SSSR count). The maximum Gasteiger partial charge on any atom is 0.222 e. The predicted molar refractivity (Wildman–Crippen MR) is 264 cm³/mol. The first-order valence-electron chi connectivity index (χ1n) is 23.6. The maximum absolute atomic E-state index is 11.9. The van der Waals surface area contributed by atoms with Gasteiger partial charge >= 0.3 is 0 Å². The van der Waals surface area contributed by atoms with Crippen LogP contribution in [0.3, 0.4) is 0 Å². The summed E-state index contributed by atoms with van der Waals surface area (Å²) in [6.45, 7) is 34.2. The summed E-state index contributed by atoms with van der Waals surface area (Å²) in [5, 5.41) is -0.273. The van der Waals surface area contributed by atoms with Crippen LogP contribution in [-0.2, 0) is 44.7 Å². The smallest absolute Gasteiger partial charge is 0.222 e. The highest BCUT2D eigenvalue weighted by Crippen LogP contribution is 2.21. The van der Waals surface area contributed by atoms with Crippen LogP contribution in [0, 0.1) is 0 Å². The minimum absolute atomic E-state index is 0.0949. The van der Waals surface area contributed by atoms with Gasteiger partial charge in [-0.05, 0) is 128 Å². The van der Waals surface area contributed by atoms with Crippen molar-refractivity contribution in [3.8, 4) is 0 Å². The molecule has 0 radical (unpaired) electrons. The minimum atomic E-state index is -3.04. The van der Waals surface area contributed by atoms with E-state index in [2.05, 4.69) is 75.0 Å². The van der Waals surface area contributed by atoms with Crippen molar-refractivity contribution in [1.82, 2.24) is 37.4 Å². The zero-order valence-corrected chi connectivity index (χ0v) is 45.8. The van der Waals surface area contributed by atoms with Crippen molar-refractivity contribution >= 4 is 45.8 Å². The van der Waals surface area contributed by atoms with Crippen molar-refractivity contribution in [3.63, 3.8) is 0 Å². The Kier molecular flexibility index (Phi) is 26.5. The van der Waals surface area contributed by atoms with Crippen molar-refractivity contribution in [2.75, 3.05) is 117 Å². The Morgan fingerprint density at radius 3 is 1.17 bits per heavy atom. The molecule has 0 N–H and O–H groups in total. The third-order valence-corrected chi connectivity index (χ3v) is 20.3. The van der Waals surface area contributed by atoms with Gasteiger partial charge < -0.3 is 14.7 Å². The highest BCUT2D eigenvalue weighted by molar-refractivity contribution is 7.91. The number of nitrogens with zero attached hydrogens (tertiary/aromatic N) is 8. The summed E-state index contributed by atoms with van der Waals surface area (Å²) in [4.78, 5) is 22.7. The van der Waals surface area contributed by atoms with Crippen molar-refractivity contribution in [2.24, 2.45) is 0 Å². The molecule has 0 aromatic carbocycles. The Morgan fingerprint density at radius 2 is 0.906 bits per heavy atom. The molecule has 0 aromatic rings. The van der Waals surface area contributed by atoms with Crippen molar-refractivity contribution in [2.45, 2.75) is 155 Å². The van der Waals surface area contributed by atoms with Gasteiger partial charge in [0.1, 0.15) is 9.84 Å². The van der Waals surface area contributed by atoms with Gasteiger partial charge in [0.2, 0.25) is 36.0 Å². The number of piperazine rings is 2. The molecule has 17 nitrogen and oxygen atoms in total. The van der Waals surface area contributed by atoms with E-state index in [4.69, 9.17) is 0 Å².